The van der Waals surface area contributed by atoms with Crippen LogP contribution in [-0.4, -0.2) is 50.3 Å². The topological polar surface area (TPSA) is 93.5 Å². The fourth-order valence-electron chi connectivity index (χ4n) is 2.47. The van der Waals surface area contributed by atoms with E-state index in [2.05, 4.69) is 10.3 Å². The van der Waals surface area contributed by atoms with Crippen molar-refractivity contribution in [1.29, 1.82) is 0 Å². The highest BCUT2D eigenvalue weighted by atomic mass is 32.2. The van der Waals surface area contributed by atoms with Gasteiger partial charge >= 0.3 is 0 Å². The molecule has 9 heteroatoms. The summed E-state index contributed by atoms with van der Waals surface area (Å²) in [6.45, 7) is 2.71. The molecule has 1 amide bonds. The van der Waals surface area contributed by atoms with Gasteiger partial charge in [-0.25, -0.2) is 13.4 Å². The lowest BCUT2D eigenvalue weighted by atomic mass is 10.2. The third-order valence-electron chi connectivity index (χ3n) is 3.77. The van der Waals surface area contributed by atoms with E-state index in [9.17, 15) is 13.2 Å². The number of carbonyl (C=O) groups is 1. The molecule has 0 unspecified atom stereocenters. The minimum absolute atomic E-state index is 0.302. The van der Waals surface area contributed by atoms with Gasteiger partial charge in [-0.3, -0.25) is 9.10 Å². The van der Waals surface area contributed by atoms with Crippen LogP contribution in [0.5, 0.6) is 5.75 Å². The van der Waals surface area contributed by atoms with E-state index in [4.69, 9.17) is 4.74 Å². The van der Waals surface area contributed by atoms with Crippen LogP contribution in [0.3, 0.4) is 0 Å². The normalized spacial score (nSPS) is 11.2. The first-order chi connectivity index (χ1) is 12.3. The summed E-state index contributed by atoms with van der Waals surface area (Å²) < 4.78 is 32.6. The molecule has 0 radical (unpaired) electrons. The van der Waals surface area contributed by atoms with Crippen LogP contribution in [0, 0.1) is 6.92 Å². The zero-order chi connectivity index (χ0) is 19.2. The van der Waals surface area contributed by atoms with Crippen LogP contribution in [0.4, 0.5) is 5.69 Å². The van der Waals surface area contributed by atoms with E-state index >= 15 is 0 Å². The van der Waals surface area contributed by atoms with Crippen molar-refractivity contribution < 1.29 is 17.9 Å². The van der Waals surface area contributed by atoms with Crippen LogP contribution in [0.2, 0.25) is 0 Å². The van der Waals surface area contributed by atoms with Crippen molar-refractivity contribution in [1.82, 2.24) is 14.9 Å². The minimum atomic E-state index is -3.65. The maximum atomic E-state index is 12.2. The average molecular weight is 380 g/mol. The maximum Gasteiger partial charge on any atom is 0.240 e. The molecule has 0 bridgehead atoms. The van der Waals surface area contributed by atoms with Gasteiger partial charge < -0.3 is 14.6 Å². The highest BCUT2D eigenvalue weighted by molar-refractivity contribution is 7.92. The number of sulfonamides is 1. The van der Waals surface area contributed by atoms with Gasteiger partial charge in [0.15, 0.2) is 0 Å². The number of aryl methyl sites for hydroxylation is 2. The van der Waals surface area contributed by atoms with Gasteiger partial charge in [0.1, 0.15) is 12.3 Å². The molecule has 2 rings (SSSR count). The van der Waals surface area contributed by atoms with E-state index in [0.29, 0.717) is 18.0 Å². The second kappa shape index (κ2) is 8.70. The van der Waals surface area contributed by atoms with Crippen molar-refractivity contribution in [3.63, 3.8) is 0 Å². The standard InChI is InChI=1S/C17H24N4O4S/c1-14-5-6-16(25-2)15(11-14)21(26(3,23)24)12-17(22)19-7-4-9-20-10-8-18-13-20/h5-6,8,10-11,13H,4,7,9,12H2,1-3H3,(H,19,22). The lowest BCUT2D eigenvalue weighted by molar-refractivity contribution is -0.119. The van der Waals surface area contributed by atoms with Crippen LogP contribution >= 0.6 is 0 Å². The minimum Gasteiger partial charge on any atom is -0.495 e. The van der Waals surface area contributed by atoms with Gasteiger partial charge in [0.05, 0.1) is 25.4 Å². The smallest absolute Gasteiger partial charge is 0.240 e. The number of ether oxygens (including phenoxy) is 1. The maximum absolute atomic E-state index is 12.2. The largest absolute Gasteiger partial charge is 0.495 e. The van der Waals surface area contributed by atoms with Crippen molar-refractivity contribution in [2.24, 2.45) is 0 Å². The Morgan fingerprint density at radius 3 is 2.77 bits per heavy atom. The molecule has 2 aromatic rings. The molecular weight excluding hydrogens is 356 g/mol. The fraction of sp³-hybridized carbons (Fsp3) is 0.412. The quantitative estimate of drug-likeness (QED) is 0.659. The first-order valence-corrected chi connectivity index (χ1v) is 10.0. The van der Waals surface area contributed by atoms with Gasteiger partial charge in [-0.05, 0) is 31.0 Å². The van der Waals surface area contributed by atoms with Crippen LogP contribution in [0.1, 0.15) is 12.0 Å². The molecule has 0 aliphatic rings. The number of amides is 1. The summed E-state index contributed by atoms with van der Waals surface area (Å²) in [5.74, 6) is 0.0264. The van der Waals surface area contributed by atoms with Gasteiger partial charge in [-0.1, -0.05) is 6.07 Å². The van der Waals surface area contributed by atoms with E-state index in [0.717, 1.165) is 29.1 Å². The number of carbonyl (C=O) groups excluding carboxylic acids is 1. The van der Waals surface area contributed by atoms with E-state index in [1.807, 2.05) is 23.8 Å². The Morgan fingerprint density at radius 1 is 1.38 bits per heavy atom. The number of imidazole rings is 1. The number of anilines is 1. The Kier molecular flexibility index (Phi) is 6.62. The van der Waals surface area contributed by atoms with Crippen molar-refractivity contribution in [2.75, 3.05) is 30.8 Å². The Hall–Kier alpha value is -2.55. The molecule has 1 aromatic heterocycles. The predicted molar refractivity (Wildman–Crippen MR) is 99.8 cm³/mol. The summed E-state index contributed by atoms with van der Waals surface area (Å²) in [5.41, 5.74) is 1.22. The summed E-state index contributed by atoms with van der Waals surface area (Å²) in [6, 6.07) is 5.19. The Balaban J connectivity index is 2.02. The molecule has 0 spiro atoms. The van der Waals surface area contributed by atoms with Crippen LogP contribution in [-0.2, 0) is 21.4 Å². The number of rotatable bonds is 9. The number of methoxy groups -OCH3 is 1. The molecule has 0 fully saturated rings. The first-order valence-electron chi connectivity index (χ1n) is 8.16. The molecule has 0 saturated heterocycles. The number of benzene rings is 1. The first kappa shape index (κ1) is 19.8. The molecule has 1 N–H and O–H groups in total. The highest BCUT2D eigenvalue weighted by Crippen LogP contribution is 2.30. The second-order valence-electron chi connectivity index (χ2n) is 5.95. The molecule has 1 aromatic carbocycles. The van der Waals surface area contributed by atoms with Crippen LogP contribution in [0.15, 0.2) is 36.9 Å². The van der Waals surface area contributed by atoms with E-state index in [1.165, 1.54) is 7.11 Å². The van der Waals surface area contributed by atoms with Gasteiger partial charge in [0.2, 0.25) is 15.9 Å². The summed E-state index contributed by atoms with van der Waals surface area (Å²) in [5, 5.41) is 2.75. The zero-order valence-corrected chi connectivity index (χ0v) is 16.0. The molecule has 1 heterocycles. The van der Waals surface area contributed by atoms with Gasteiger partial charge in [0, 0.05) is 25.5 Å². The molecule has 0 aliphatic carbocycles. The SMILES string of the molecule is COc1ccc(C)cc1N(CC(=O)NCCCn1ccnc1)S(C)(=O)=O. The molecule has 0 aliphatic heterocycles. The number of aromatic nitrogens is 2. The Labute approximate surface area is 153 Å². The predicted octanol–water partition coefficient (Wildman–Crippen LogP) is 1.17. The lowest BCUT2D eigenvalue weighted by Gasteiger charge is -2.24. The number of nitrogens with one attached hydrogen (secondary N) is 1. The molecule has 26 heavy (non-hydrogen) atoms. The second-order valence-corrected chi connectivity index (χ2v) is 7.86. The van der Waals surface area contributed by atoms with Crippen molar-refractivity contribution in [3.8, 4) is 5.75 Å². The monoisotopic (exact) mass is 380 g/mol. The van der Waals surface area contributed by atoms with E-state index in [1.54, 1.807) is 24.7 Å². The molecule has 0 atom stereocenters. The summed E-state index contributed by atoms with van der Waals surface area (Å²) in [6.07, 6.45) is 7.03. The van der Waals surface area contributed by atoms with Crippen molar-refractivity contribution >= 4 is 21.6 Å². The van der Waals surface area contributed by atoms with E-state index in [-0.39, 0.29) is 12.5 Å². The zero-order valence-electron chi connectivity index (χ0n) is 15.2. The number of hydrogen-bond acceptors (Lipinski definition) is 5. The van der Waals surface area contributed by atoms with Gasteiger partial charge in [0.25, 0.3) is 0 Å². The summed E-state index contributed by atoms with van der Waals surface area (Å²) >= 11 is 0. The van der Waals surface area contributed by atoms with Gasteiger partial charge in [-0.15, -0.1) is 0 Å². The lowest BCUT2D eigenvalue weighted by Crippen LogP contribution is -2.41. The number of hydrogen-bond donors (Lipinski definition) is 1. The summed E-state index contributed by atoms with van der Waals surface area (Å²) in [4.78, 5) is 16.2. The molecule has 142 valence electrons. The average Bonchev–Trinajstić information content (AvgIpc) is 3.09. The van der Waals surface area contributed by atoms with Crippen molar-refractivity contribution in [3.05, 3.63) is 42.5 Å². The molecular formula is C17H24N4O4S. The summed E-state index contributed by atoms with van der Waals surface area (Å²) in [7, 11) is -2.19. The molecule has 0 saturated carbocycles. The van der Waals surface area contributed by atoms with Crippen molar-refractivity contribution in [2.45, 2.75) is 19.9 Å². The number of nitrogens with zero attached hydrogens (tertiary/aromatic N) is 3. The van der Waals surface area contributed by atoms with E-state index < -0.39 is 10.0 Å². The Bertz CT molecular complexity index is 834. The third-order valence-corrected chi connectivity index (χ3v) is 4.89. The van der Waals surface area contributed by atoms with Gasteiger partial charge in [-0.2, -0.15) is 0 Å². The van der Waals surface area contributed by atoms with Crippen LogP contribution in [0.25, 0.3) is 0 Å². The van der Waals surface area contributed by atoms with Crippen LogP contribution < -0.4 is 14.4 Å². The molecule has 8 nitrogen and oxygen atoms in total. The highest BCUT2D eigenvalue weighted by Gasteiger charge is 2.24. The Morgan fingerprint density at radius 2 is 2.15 bits per heavy atom. The fourth-order valence-corrected chi connectivity index (χ4v) is 3.32. The third kappa shape index (κ3) is 5.48.